The first-order valence-corrected chi connectivity index (χ1v) is 7.88. The SMILES string of the molecule is CCC(CC)N(CCOC)c1ncnc(NC)c1C(C)C. The maximum Gasteiger partial charge on any atom is 0.137 e. The van der Waals surface area contributed by atoms with Crippen LogP contribution in [-0.2, 0) is 4.74 Å². The molecule has 1 aromatic rings. The fraction of sp³-hybridized carbons (Fsp3) is 0.750. The maximum atomic E-state index is 5.29. The molecule has 0 bridgehead atoms. The molecular weight excluding hydrogens is 264 g/mol. The Morgan fingerprint density at radius 3 is 2.38 bits per heavy atom. The van der Waals surface area contributed by atoms with Crippen molar-refractivity contribution in [3.05, 3.63) is 11.9 Å². The van der Waals surface area contributed by atoms with Crippen molar-refractivity contribution in [3.8, 4) is 0 Å². The van der Waals surface area contributed by atoms with Gasteiger partial charge in [-0.25, -0.2) is 9.97 Å². The summed E-state index contributed by atoms with van der Waals surface area (Å²) in [5.74, 6) is 2.32. The Kier molecular flexibility index (Phi) is 7.43. The molecule has 120 valence electrons. The maximum absolute atomic E-state index is 5.29. The number of rotatable bonds is 9. The molecule has 0 aliphatic rings. The molecule has 0 aliphatic heterocycles. The second kappa shape index (κ2) is 8.82. The van der Waals surface area contributed by atoms with Gasteiger partial charge in [0.2, 0.25) is 0 Å². The molecule has 0 amide bonds. The van der Waals surface area contributed by atoms with E-state index in [0.29, 0.717) is 18.6 Å². The van der Waals surface area contributed by atoms with Crippen molar-refractivity contribution in [3.63, 3.8) is 0 Å². The second-order valence-electron chi connectivity index (χ2n) is 5.52. The first-order chi connectivity index (χ1) is 10.1. The fourth-order valence-corrected chi connectivity index (χ4v) is 2.73. The lowest BCUT2D eigenvalue weighted by molar-refractivity contribution is 0.202. The van der Waals surface area contributed by atoms with Gasteiger partial charge in [-0.1, -0.05) is 27.7 Å². The van der Waals surface area contributed by atoms with Gasteiger partial charge in [-0.2, -0.15) is 0 Å². The van der Waals surface area contributed by atoms with Gasteiger partial charge < -0.3 is 15.0 Å². The number of nitrogens with zero attached hydrogens (tertiary/aromatic N) is 3. The van der Waals surface area contributed by atoms with E-state index in [0.717, 1.165) is 31.0 Å². The van der Waals surface area contributed by atoms with Crippen LogP contribution < -0.4 is 10.2 Å². The highest BCUT2D eigenvalue weighted by Gasteiger charge is 2.23. The fourth-order valence-electron chi connectivity index (χ4n) is 2.73. The molecule has 0 aromatic carbocycles. The van der Waals surface area contributed by atoms with Crippen molar-refractivity contribution in [1.29, 1.82) is 0 Å². The summed E-state index contributed by atoms with van der Waals surface area (Å²) >= 11 is 0. The summed E-state index contributed by atoms with van der Waals surface area (Å²) in [7, 11) is 3.65. The van der Waals surface area contributed by atoms with Crippen molar-refractivity contribution >= 4 is 11.6 Å². The molecule has 0 radical (unpaired) electrons. The molecule has 0 aliphatic carbocycles. The molecule has 5 nitrogen and oxygen atoms in total. The lowest BCUT2D eigenvalue weighted by Gasteiger charge is -2.34. The number of hydrogen-bond acceptors (Lipinski definition) is 5. The molecular formula is C16H30N4O. The zero-order valence-electron chi connectivity index (χ0n) is 14.3. The van der Waals surface area contributed by atoms with Crippen molar-refractivity contribution in [2.75, 3.05) is 37.5 Å². The van der Waals surface area contributed by atoms with Gasteiger partial charge in [-0.15, -0.1) is 0 Å². The van der Waals surface area contributed by atoms with Crippen LogP contribution in [0.25, 0.3) is 0 Å². The van der Waals surface area contributed by atoms with E-state index in [1.165, 1.54) is 5.56 Å². The molecule has 1 rings (SSSR count). The number of aromatic nitrogens is 2. The third kappa shape index (κ3) is 4.30. The Morgan fingerprint density at radius 1 is 1.24 bits per heavy atom. The smallest absolute Gasteiger partial charge is 0.137 e. The molecule has 1 aromatic heterocycles. The zero-order valence-corrected chi connectivity index (χ0v) is 14.3. The van der Waals surface area contributed by atoms with E-state index in [2.05, 4.69) is 47.9 Å². The topological polar surface area (TPSA) is 50.3 Å². The predicted molar refractivity (Wildman–Crippen MR) is 89.3 cm³/mol. The molecule has 21 heavy (non-hydrogen) atoms. The van der Waals surface area contributed by atoms with E-state index in [1.807, 2.05) is 7.05 Å². The van der Waals surface area contributed by atoms with E-state index in [-0.39, 0.29) is 0 Å². The Morgan fingerprint density at radius 2 is 1.90 bits per heavy atom. The van der Waals surface area contributed by atoms with Crippen LogP contribution in [0.4, 0.5) is 11.6 Å². The van der Waals surface area contributed by atoms with Crippen LogP contribution in [0.5, 0.6) is 0 Å². The van der Waals surface area contributed by atoms with Crippen LogP contribution in [0.15, 0.2) is 6.33 Å². The highest BCUT2D eigenvalue weighted by Crippen LogP contribution is 2.32. The third-order valence-electron chi connectivity index (χ3n) is 3.87. The first kappa shape index (κ1) is 17.7. The molecule has 5 heteroatoms. The molecule has 0 fully saturated rings. The molecule has 0 saturated heterocycles. The molecule has 0 unspecified atom stereocenters. The number of methoxy groups -OCH3 is 1. The van der Waals surface area contributed by atoms with E-state index in [4.69, 9.17) is 4.74 Å². The highest BCUT2D eigenvalue weighted by molar-refractivity contribution is 5.60. The lowest BCUT2D eigenvalue weighted by atomic mass is 10.0. The monoisotopic (exact) mass is 294 g/mol. The standard InChI is InChI=1S/C16H30N4O/c1-7-13(8-2)20(9-10-21-6)16-14(12(3)4)15(17-5)18-11-19-16/h11-13H,7-10H2,1-6H3,(H,17,18,19). The summed E-state index contributed by atoms with van der Waals surface area (Å²) in [5.41, 5.74) is 1.18. The first-order valence-electron chi connectivity index (χ1n) is 7.88. The van der Waals surface area contributed by atoms with Crippen LogP contribution in [0.3, 0.4) is 0 Å². The summed E-state index contributed by atoms with van der Waals surface area (Å²) in [4.78, 5) is 11.3. The predicted octanol–water partition coefficient (Wildman–Crippen LogP) is 3.28. The molecule has 1 N–H and O–H groups in total. The Bertz CT molecular complexity index is 419. The van der Waals surface area contributed by atoms with Gasteiger partial charge in [0.05, 0.1) is 6.61 Å². The van der Waals surface area contributed by atoms with E-state index >= 15 is 0 Å². The average Bonchev–Trinajstić information content (AvgIpc) is 2.50. The van der Waals surface area contributed by atoms with Gasteiger partial charge in [0.15, 0.2) is 0 Å². The van der Waals surface area contributed by atoms with Gasteiger partial charge in [-0.3, -0.25) is 0 Å². The van der Waals surface area contributed by atoms with Gasteiger partial charge in [0.25, 0.3) is 0 Å². The Hall–Kier alpha value is -1.36. The number of hydrogen-bond donors (Lipinski definition) is 1. The molecule has 0 saturated carbocycles. The largest absolute Gasteiger partial charge is 0.383 e. The van der Waals surface area contributed by atoms with Crippen molar-refractivity contribution in [1.82, 2.24) is 9.97 Å². The molecule has 0 atom stereocenters. The average molecular weight is 294 g/mol. The van der Waals surface area contributed by atoms with Gasteiger partial charge in [0, 0.05) is 32.3 Å². The van der Waals surface area contributed by atoms with E-state index < -0.39 is 0 Å². The highest BCUT2D eigenvalue weighted by atomic mass is 16.5. The molecule has 0 spiro atoms. The summed E-state index contributed by atoms with van der Waals surface area (Å²) in [6.07, 6.45) is 3.84. The van der Waals surface area contributed by atoms with Crippen molar-refractivity contribution in [2.45, 2.75) is 52.5 Å². The normalized spacial score (nSPS) is 11.2. The minimum absolute atomic E-state index is 0.364. The Balaban J connectivity index is 3.28. The quantitative estimate of drug-likeness (QED) is 0.757. The van der Waals surface area contributed by atoms with Crippen LogP contribution in [0.1, 0.15) is 52.0 Å². The van der Waals surface area contributed by atoms with E-state index in [1.54, 1.807) is 13.4 Å². The van der Waals surface area contributed by atoms with Gasteiger partial charge in [-0.05, 0) is 18.8 Å². The summed E-state index contributed by atoms with van der Waals surface area (Å²) < 4.78 is 5.29. The minimum atomic E-state index is 0.364. The van der Waals surface area contributed by atoms with Crippen molar-refractivity contribution in [2.24, 2.45) is 0 Å². The van der Waals surface area contributed by atoms with Crippen LogP contribution in [0.2, 0.25) is 0 Å². The van der Waals surface area contributed by atoms with Crippen LogP contribution in [-0.4, -0.2) is 43.3 Å². The summed E-state index contributed by atoms with van der Waals surface area (Å²) in [6, 6.07) is 0.470. The molecule has 1 heterocycles. The number of ether oxygens (including phenoxy) is 1. The summed E-state index contributed by atoms with van der Waals surface area (Å²) in [5, 5.41) is 3.19. The Labute approximate surface area is 129 Å². The van der Waals surface area contributed by atoms with Gasteiger partial charge >= 0.3 is 0 Å². The zero-order chi connectivity index (χ0) is 15.8. The summed E-state index contributed by atoms with van der Waals surface area (Å²) in [6.45, 7) is 10.4. The number of anilines is 2. The number of nitrogens with one attached hydrogen (secondary N) is 1. The minimum Gasteiger partial charge on any atom is -0.383 e. The second-order valence-corrected chi connectivity index (χ2v) is 5.52. The van der Waals surface area contributed by atoms with Crippen molar-refractivity contribution < 1.29 is 4.74 Å². The lowest BCUT2D eigenvalue weighted by Crippen LogP contribution is -2.38. The van der Waals surface area contributed by atoms with Gasteiger partial charge in [0.1, 0.15) is 18.0 Å². The van der Waals surface area contributed by atoms with Crippen LogP contribution in [0, 0.1) is 0 Å². The van der Waals surface area contributed by atoms with Crippen LogP contribution >= 0.6 is 0 Å². The van der Waals surface area contributed by atoms with E-state index in [9.17, 15) is 0 Å². The third-order valence-corrected chi connectivity index (χ3v) is 3.87.